The number of aromatic nitrogens is 6. The fourth-order valence-electron chi connectivity index (χ4n) is 2.67. The smallest absolute Gasteiger partial charge is 0.160 e. The summed E-state index contributed by atoms with van der Waals surface area (Å²) in [6.07, 6.45) is 1.56. The van der Waals surface area contributed by atoms with Crippen LogP contribution in [0.4, 0.5) is 11.5 Å². The summed E-state index contributed by atoms with van der Waals surface area (Å²) in [4.78, 5) is 8.69. The number of rotatable bonds is 3. The van der Waals surface area contributed by atoms with Crippen molar-refractivity contribution in [3.8, 4) is 0 Å². The molecule has 0 atom stereocenters. The van der Waals surface area contributed by atoms with E-state index in [1.54, 1.807) is 6.33 Å². The van der Waals surface area contributed by atoms with Gasteiger partial charge in [0.05, 0.1) is 22.8 Å². The summed E-state index contributed by atoms with van der Waals surface area (Å²) in [6.45, 7) is 8.92. The predicted molar refractivity (Wildman–Crippen MR) is 81.7 cm³/mol. The van der Waals surface area contributed by atoms with Crippen molar-refractivity contribution in [3.05, 3.63) is 23.4 Å². The van der Waals surface area contributed by atoms with Crippen molar-refractivity contribution in [1.82, 2.24) is 29.5 Å². The van der Waals surface area contributed by atoms with Crippen LogP contribution in [0.5, 0.6) is 0 Å². The molecule has 0 aliphatic rings. The van der Waals surface area contributed by atoms with E-state index >= 15 is 0 Å². The Morgan fingerprint density at radius 1 is 1.10 bits per heavy atom. The van der Waals surface area contributed by atoms with E-state index in [0.717, 1.165) is 46.2 Å². The Balaban J connectivity index is 2.13. The standard InChI is InChI=1S/C14H19N7/c1-6-21-10(4)11(8(2)19-21)17-14-13-12(15-7-16-14)9(3)18-20(13)5/h7H,6H2,1-5H3,(H,15,16,17). The Labute approximate surface area is 123 Å². The van der Waals surface area contributed by atoms with Crippen molar-refractivity contribution in [2.75, 3.05) is 5.32 Å². The average molecular weight is 285 g/mol. The number of aryl methyl sites for hydroxylation is 4. The van der Waals surface area contributed by atoms with Crippen LogP contribution in [0.25, 0.3) is 11.0 Å². The van der Waals surface area contributed by atoms with Crippen LogP contribution in [0.2, 0.25) is 0 Å². The van der Waals surface area contributed by atoms with Crippen LogP contribution in [0.1, 0.15) is 24.0 Å². The van der Waals surface area contributed by atoms with Gasteiger partial charge in [-0.3, -0.25) is 9.36 Å². The second-order valence-corrected chi connectivity index (χ2v) is 5.12. The molecule has 7 heteroatoms. The molecule has 0 aliphatic carbocycles. The summed E-state index contributed by atoms with van der Waals surface area (Å²) >= 11 is 0. The first-order chi connectivity index (χ1) is 10.0. The molecular weight excluding hydrogens is 266 g/mol. The first-order valence-electron chi connectivity index (χ1n) is 6.98. The molecule has 3 aromatic rings. The lowest BCUT2D eigenvalue weighted by molar-refractivity contribution is 0.634. The van der Waals surface area contributed by atoms with Gasteiger partial charge in [-0.25, -0.2) is 9.97 Å². The number of hydrogen-bond acceptors (Lipinski definition) is 5. The fourth-order valence-corrected chi connectivity index (χ4v) is 2.67. The quantitative estimate of drug-likeness (QED) is 0.799. The molecule has 1 N–H and O–H groups in total. The number of nitrogens with one attached hydrogen (secondary N) is 1. The van der Waals surface area contributed by atoms with E-state index in [4.69, 9.17) is 0 Å². The Morgan fingerprint density at radius 3 is 2.52 bits per heavy atom. The molecule has 0 saturated heterocycles. The number of anilines is 2. The molecule has 3 aromatic heterocycles. The highest BCUT2D eigenvalue weighted by Gasteiger charge is 2.16. The minimum Gasteiger partial charge on any atom is -0.335 e. The van der Waals surface area contributed by atoms with Crippen molar-refractivity contribution in [1.29, 1.82) is 0 Å². The van der Waals surface area contributed by atoms with Gasteiger partial charge in [0.15, 0.2) is 5.82 Å². The van der Waals surface area contributed by atoms with Crippen molar-refractivity contribution in [3.63, 3.8) is 0 Å². The molecule has 3 heterocycles. The minimum absolute atomic E-state index is 0.755. The van der Waals surface area contributed by atoms with Gasteiger partial charge in [-0.2, -0.15) is 10.2 Å². The van der Waals surface area contributed by atoms with Crippen LogP contribution in [-0.2, 0) is 13.6 Å². The lowest BCUT2D eigenvalue weighted by atomic mass is 10.3. The second-order valence-electron chi connectivity index (χ2n) is 5.12. The summed E-state index contributed by atoms with van der Waals surface area (Å²) in [5.74, 6) is 0.755. The Hall–Kier alpha value is -2.44. The molecule has 0 aliphatic heterocycles. The molecule has 0 unspecified atom stereocenters. The maximum atomic E-state index is 4.52. The summed E-state index contributed by atoms with van der Waals surface area (Å²) in [5, 5.41) is 12.3. The molecule has 0 bridgehead atoms. The molecular formula is C14H19N7. The lowest BCUT2D eigenvalue weighted by Gasteiger charge is -2.08. The van der Waals surface area contributed by atoms with Crippen LogP contribution in [0.15, 0.2) is 6.33 Å². The maximum Gasteiger partial charge on any atom is 0.160 e. The van der Waals surface area contributed by atoms with Crippen LogP contribution in [0.3, 0.4) is 0 Å². The molecule has 7 nitrogen and oxygen atoms in total. The summed E-state index contributed by atoms with van der Waals surface area (Å²) in [5.41, 5.74) is 5.72. The highest BCUT2D eigenvalue weighted by Crippen LogP contribution is 2.27. The third kappa shape index (κ3) is 2.05. The molecule has 0 aromatic carbocycles. The van der Waals surface area contributed by atoms with Gasteiger partial charge in [-0.15, -0.1) is 0 Å². The van der Waals surface area contributed by atoms with Crippen LogP contribution < -0.4 is 5.32 Å². The van der Waals surface area contributed by atoms with E-state index in [9.17, 15) is 0 Å². The molecule has 0 fully saturated rings. The first-order valence-corrected chi connectivity index (χ1v) is 6.98. The highest BCUT2D eigenvalue weighted by atomic mass is 15.3. The average Bonchev–Trinajstić information content (AvgIpc) is 2.90. The zero-order chi connectivity index (χ0) is 15.1. The fraction of sp³-hybridized carbons (Fsp3) is 0.429. The van der Waals surface area contributed by atoms with Gasteiger partial charge in [0, 0.05) is 13.6 Å². The van der Waals surface area contributed by atoms with E-state index in [0.29, 0.717) is 0 Å². The molecule has 110 valence electrons. The van der Waals surface area contributed by atoms with Gasteiger partial charge >= 0.3 is 0 Å². The third-order valence-electron chi connectivity index (χ3n) is 3.71. The van der Waals surface area contributed by atoms with E-state index in [2.05, 4.69) is 39.3 Å². The SMILES string of the molecule is CCn1nc(C)c(Nc2ncnc3c(C)nn(C)c23)c1C. The van der Waals surface area contributed by atoms with E-state index < -0.39 is 0 Å². The van der Waals surface area contributed by atoms with E-state index in [1.165, 1.54) is 0 Å². The van der Waals surface area contributed by atoms with E-state index in [-0.39, 0.29) is 0 Å². The van der Waals surface area contributed by atoms with Crippen molar-refractivity contribution >= 4 is 22.5 Å². The monoisotopic (exact) mass is 285 g/mol. The van der Waals surface area contributed by atoms with Crippen LogP contribution in [0, 0.1) is 20.8 Å². The van der Waals surface area contributed by atoms with Crippen LogP contribution in [-0.4, -0.2) is 29.5 Å². The summed E-state index contributed by atoms with van der Waals surface area (Å²) in [7, 11) is 1.90. The normalized spacial score (nSPS) is 11.3. The predicted octanol–water partition coefficient (Wildman–Crippen LogP) is 2.25. The Bertz CT molecular complexity index is 812. The van der Waals surface area contributed by atoms with Gasteiger partial charge in [0.25, 0.3) is 0 Å². The van der Waals surface area contributed by atoms with Gasteiger partial charge in [-0.05, 0) is 27.7 Å². The summed E-state index contributed by atoms with van der Waals surface area (Å²) in [6, 6.07) is 0. The van der Waals surface area contributed by atoms with Gasteiger partial charge in [0.2, 0.25) is 0 Å². The molecule has 3 rings (SSSR count). The van der Waals surface area contributed by atoms with Crippen LogP contribution >= 0.6 is 0 Å². The third-order valence-corrected chi connectivity index (χ3v) is 3.71. The van der Waals surface area contributed by atoms with Gasteiger partial charge in [-0.1, -0.05) is 0 Å². The maximum absolute atomic E-state index is 4.52. The minimum atomic E-state index is 0.755. The summed E-state index contributed by atoms with van der Waals surface area (Å²) < 4.78 is 3.78. The molecule has 0 radical (unpaired) electrons. The number of fused-ring (bicyclic) bond motifs is 1. The van der Waals surface area contributed by atoms with Crippen molar-refractivity contribution in [2.24, 2.45) is 7.05 Å². The van der Waals surface area contributed by atoms with Crippen molar-refractivity contribution < 1.29 is 0 Å². The topological polar surface area (TPSA) is 73.5 Å². The number of hydrogen-bond donors (Lipinski definition) is 1. The Morgan fingerprint density at radius 2 is 1.86 bits per heavy atom. The van der Waals surface area contributed by atoms with E-state index in [1.807, 2.05) is 30.3 Å². The zero-order valence-corrected chi connectivity index (χ0v) is 13.0. The molecule has 0 spiro atoms. The molecule has 21 heavy (non-hydrogen) atoms. The Kier molecular flexibility index (Phi) is 3.12. The molecule has 0 saturated carbocycles. The number of nitrogens with zero attached hydrogens (tertiary/aromatic N) is 6. The largest absolute Gasteiger partial charge is 0.335 e. The second kappa shape index (κ2) is 4.83. The first kappa shape index (κ1) is 13.5. The molecule has 0 amide bonds. The highest BCUT2D eigenvalue weighted by molar-refractivity contribution is 5.89. The van der Waals surface area contributed by atoms with Gasteiger partial charge in [0.1, 0.15) is 17.4 Å². The van der Waals surface area contributed by atoms with Gasteiger partial charge < -0.3 is 5.32 Å². The zero-order valence-electron chi connectivity index (χ0n) is 13.0. The lowest BCUT2D eigenvalue weighted by Crippen LogP contribution is -2.02. The van der Waals surface area contributed by atoms with Crippen molar-refractivity contribution in [2.45, 2.75) is 34.2 Å².